The van der Waals surface area contributed by atoms with Crippen LogP contribution in [0.1, 0.15) is 55.3 Å². The largest absolute Gasteiger partial charge is 0.573 e. The van der Waals surface area contributed by atoms with Crippen molar-refractivity contribution in [3.63, 3.8) is 0 Å². The van der Waals surface area contributed by atoms with Crippen LogP contribution in [0.2, 0.25) is 0 Å². The summed E-state index contributed by atoms with van der Waals surface area (Å²) in [6, 6.07) is 5.72. The number of nitrogens with zero attached hydrogens (tertiary/aromatic N) is 4. The van der Waals surface area contributed by atoms with Gasteiger partial charge in [-0.05, 0) is 24.1 Å². The van der Waals surface area contributed by atoms with E-state index in [2.05, 4.69) is 14.9 Å². The molecule has 4 rings (SSSR count). The Bertz CT molecular complexity index is 942. The van der Waals surface area contributed by atoms with Gasteiger partial charge in [-0.15, -0.1) is 13.2 Å². The van der Waals surface area contributed by atoms with Gasteiger partial charge in [-0.2, -0.15) is 4.98 Å². The number of hydrogen-bond acceptors (Lipinski definition) is 6. The maximum atomic E-state index is 13.2. The fraction of sp³-hybridized carbons (Fsp3) is 0.591. The number of aromatic nitrogens is 2. The van der Waals surface area contributed by atoms with Gasteiger partial charge in [0.2, 0.25) is 5.89 Å². The first-order chi connectivity index (χ1) is 15.7. The summed E-state index contributed by atoms with van der Waals surface area (Å²) in [5, 5.41) is 4.05. The highest BCUT2D eigenvalue weighted by Crippen LogP contribution is 2.37. The molecule has 11 heteroatoms. The summed E-state index contributed by atoms with van der Waals surface area (Å²) in [5.41, 5.74) is 0.817. The van der Waals surface area contributed by atoms with Crippen molar-refractivity contribution in [1.82, 2.24) is 19.9 Å². The molecule has 1 aromatic carbocycles. The number of amides is 2. The van der Waals surface area contributed by atoms with Crippen LogP contribution in [0.5, 0.6) is 5.75 Å². The van der Waals surface area contributed by atoms with E-state index >= 15 is 0 Å². The third-order valence-electron chi connectivity index (χ3n) is 5.91. The molecule has 2 aliphatic rings. The molecule has 0 saturated carbocycles. The molecule has 0 radical (unpaired) electrons. The molecule has 8 nitrogen and oxygen atoms in total. The summed E-state index contributed by atoms with van der Waals surface area (Å²) in [7, 11) is 0. The molecule has 0 spiro atoms. The lowest BCUT2D eigenvalue weighted by Crippen LogP contribution is -2.52. The second-order valence-corrected chi connectivity index (χ2v) is 8.68. The molecule has 1 aromatic heterocycles. The second kappa shape index (κ2) is 9.58. The minimum atomic E-state index is -4.75. The molecule has 0 aliphatic carbocycles. The molecule has 2 saturated heterocycles. The summed E-state index contributed by atoms with van der Waals surface area (Å²) in [5.74, 6) is 0.613. The number of rotatable bonds is 4. The predicted octanol–water partition coefficient (Wildman–Crippen LogP) is 4.12. The number of hydrogen-bond donors (Lipinski definition) is 0. The number of benzene rings is 1. The van der Waals surface area contributed by atoms with Gasteiger partial charge in [0.1, 0.15) is 5.75 Å². The van der Waals surface area contributed by atoms with Gasteiger partial charge in [-0.1, -0.05) is 31.1 Å². The number of urea groups is 1. The zero-order valence-electron chi connectivity index (χ0n) is 18.5. The molecule has 3 heterocycles. The van der Waals surface area contributed by atoms with E-state index in [1.54, 1.807) is 21.9 Å². The highest BCUT2D eigenvalue weighted by Gasteiger charge is 2.37. The third-order valence-corrected chi connectivity index (χ3v) is 5.91. The number of halogens is 3. The van der Waals surface area contributed by atoms with Crippen molar-refractivity contribution in [2.75, 3.05) is 39.4 Å². The van der Waals surface area contributed by atoms with E-state index in [4.69, 9.17) is 9.26 Å². The minimum Gasteiger partial charge on any atom is -0.406 e. The van der Waals surface area contributed by atoms with E-state index in [0.29, 0.717) is 57.5 Å². The van der Waals surface area contributed by atoms with Gasteiger partial charge in [-0.3, -0.25) is 0 Å². The quantitative estimate of drug-likeness (QED) is 0.672. The maximum Gasteiger partial charge on any atom is 0.573 e. The molecule has 2 unspecified atom stereocenters. The first kappa shape index (κ1) is 23.3. The Balaban J connectivity index is 1.56. The normalized spacial score (nSPS) is 22.0. The van der Waals surface area contributed by atoms with E-state index in [1.165, 1.54) is 12.1 Å². The number of morpholine rings is 1. The lowest BCUT2D eigenvalue weighted by Gasteiger charge is -2.40. The van der Waals surface area contributed by atoms with Gasteiger partial charge in [-0.25, -0.2) is 4.79 Å². The summed E-state index contributed by atoms with van der Waals surface area (Å²) >= 11 is 0. The Kier molecular flexibility index (Phi) is 6.78. The van der Waals surface area contributed by atoms with Crippen LogP contribution in [0.15, 0.2) is 28.8 Å². The number of carbonyl (C=O) groups excluding carboxylic acids is 1. The molecular weight excluding hydrogens is 441 g/mol. The average molecular weight is 468 g/mol. The van der Waals surface area contributed by atoms with Crippen LogP contribution in [-0.4, -0.2) is 71.7 Å². The first-order valence-electron chi connectivity index (χ1n) is 11.0. The highest BCUT2D eigenvalue weighted by molar-refractivity contribution is 5.75. The molecule has 2 fully saturated rings. The molecule has 0 bridgehead atoms. The van der Waals surface area contributed by atoms with Crippen LogP contribution in [0.25, 0.3) is 0 Å². The zero-order chi connectivity index (χ0) is 23.6. The topological polar surface area (TPSA) is 80.9 Å². The fourth-order valence-corrected chi connectivity index (χ4v) is 4.22. The molecule has 0 N–H and O–H groups in total. The first-order valence-corrected chi connectivity index (χ1v) is 11.0. The molecule has 2 aliphatic heterocycles. The molecule has 180 valence electrons. The Labute approximate surface area is 189 Å². The SMILES string of the molecule is CC(C)c1noc(C2CC(c3ccc(OC(F)(F)F)cc3)CN(C(=O)N3CCOCC3)C2)n1. The Morgan fingerprint density at radius 1 is 1.09 bits per heavy atom. The second-order valence-electron chi connectivity index (χ2n) is 8.68. The Morgan fingerprint density at radius 2 is 1.76 bits per heavy atom. The Morgan fingerprint density at radius 3 is 2.36 bits per heavy atom. The van der Waals surface area contributed by atoms with Crippen molar-refractivity contribution in [2.45, 2.75) is 44.4 Å². The maximum absolute atomic E-state index is 13.2. The van der Waals surface area contributed by atoms with Crippen molar-refractivity contribution in [1.29, 1.82) is 0 Å². The number of likely N-dealkylation sites (tertiary alicyclic amines) is 1. The number of ether oxygens (including phenoxy) is 2. The molecule has 2 amide bonds. The lowest BCUT2D eigenvalue weighted by atomic mass is 9.84. The standard InChI is InChI=1S/C22H27F3N4O4/c1-14(2)19-26-20(33-27-19)17-11-16(15-3-5-18(6-4-15)32-22(23,24)25)12-29(13-17)21(30)28-7-9-31-10-8-28/h3-6,14,16-17H,7-13H2,1-2H3. The Hall–Kier alpha value is -2.82. The van der Waals surface area contributed by atoms with Crippen molar-refractivity contribution < 1.29 is 32.0 Å². The highest BCUT2D eigenvalue weighted by atomic mass is 19.4. The van der Waals surface area contributed by atoms with Crippen LogP contribution in [-0.2, 0) is 4.74 Å². The van der Waals surface area contributed by atoms with Crippen LogP contribution < -0.4 is 4.74 Å². The van der Waals surface area contributed by atoms with Crippen LogP contribution >= 0.6 is 0 Å². The molecule has 2 aromatic rings. The molecule has 2 atom stereocenters. The van der Waals surface area contributed by atoms with E-state index in [1.807, 2.05) is 13.8 Å². The van der Waals surface area contributed by atoms with E-state index in [0.717, 1.165) is 5.56 Å². The summed E-state index contributed by atoms with van der Waals surface area (Å²) in [6.45, 7) is 6.84. The fourth-order valence-electron chi connectivity index (χ4n) is 4.22. The number of alkyl halides is 3. The van der Waals surface area contributed by atoms with Crippen LogP contribution in [0.4, 0.5) is 18.0 Å². The smallest absolute Gasteiger partial charge is 0.406 e. The predicted molar refractivity (Wildman–Crippen MR) is 111 cm³/mol. The summed E-state index contributed by atoms with van der Waals surface area (Å²) in [4.78, 5) is 21.3. The van der Waals surface area contributed by atoms with Crippen molar-refractivity contribution in [3.8, 4) is 5.75 Å². The average Bonchev–Trinajstić information content (AvgIpc) is 3.29. The van der Waals surface area contributed by atoms with Gasteiger partial charge in [0.25, 0.3) is 0 Å². The van der Waals surface area contributed by atoms with E-state index in [9.17, 15) is 18.0 Å². The zero-order valence-corrected chi connectivity index (χ0v) is 18.5. The van der Waals surface area contributed by atoms with Gasteiger partial charge in [0.05, 0.1) is 19.1 Å². The van der Waals surface area contributed by atoms with Gasteiger partial charge in [0, 0.05) is 38.0 Å². The van der Waals surface area contributed by atoms with E-state index in [-0.39, 0.29) is 29.5 Å². The summed E-state index contributed by atoms with van der Waals surface area (Å²) in [6.07, 6.45) is -4.11. The minimum absolute atomic E-state index is 0.0892. The lowest BCUT2D eigenvalue weighted by molar-refractivity contribution is -0.274. The monoisotopic (exact) mass is 468 g/mol. The molecular formula is C22H27F3N4O4. The van der Waals surface area contributed by atoms with Crippen molar-refractivity contribution in [2.24, 2.45) is 0 Å². The van der Waals surface area contributed by atoms with E-state index < -0.39 is 6.36 Å². The van der Waals surface area contributed by atoms with Gasteiger partial charge < -0.3 is 23.8 Å². The van der Waals surface area contributed by atoms with Gasteiger partial charge in [0.15, 0.2) is 5.82 Å². The van der Waals surface area contributed by atoms with Crippen molar-refractivity contribution in [3.05, 3.63) is 41.5 Å². The number of carbonyl (C=O) groups is 1. The third kappa shape index (κ3) is 5.76. The molecule has 33 heavy (non-hydrogen) atoms. The van der Waals surface area contributed by atoms with Crippen LogP contribution in [0, 0.1) is 0 Å². The van der Waals surface area contributed by atoms with Gasteiger partial charge >= 0.3 is 12.4 Å². The summed E-state index contributed by atoms with van der Waals surface area (Å²) < 4.78 is 52.4. The van der Waals surface area contributed by atoms with Crippen molar-refractivity contribution >= 4 is 6.03 Å². The van der Waals surface area contributed by atoms with Crippen LogP contribution in [0.3, 0.4) is 0 Å². The number of piperidine rings is 1.